The van der Waals surface area contributed by atoms with Crippen LogP contribution in [0, 0.1) is 0 Å². The van der Waals surface area contributed by atoms with Crippen molar-refractivity contribution in [1.82, 2.24) is 5.32 Å². The first-order valence-electron chi connectivity index (χ1n) is 7.94. The second-order valence-electron chi connectivity index (χ2n) is 6.48. The van der Waals surface area contributed by atoms with Gasteiger partial charge in [0, 0.05) is 6.54 Å². The smallest absolute Gasteiger partial charge is 0.407 e. The number of hydrogen-bond acceptors (Lipinski definition) is 6. The number of carbonyl (C=O) groups excluding carboxylic acids is 2. The summed E-state index contributed by atoms with van der Waals surface area (Å²) in [6, 6.07) is 9.14. The van der Waals surface area contributed by atoms with E-state index in [-0.39, 0.29) is 31.1 Å². The summed E-state index contributed by atoms with van der Waals surface area (Å²) >= 11 is 0. The van der Waals surface area contributed by atoms with Gasteiger partial charge >= 0.3 is 12.1 Å². The molecule has 0 aliphatic carbocycles. The van der Waals surface area contributed by atoms with E-state index >= 15 is 0 Å². The summed E-state index contributed by atoms with van der Waals surface area (Å²) in [5.74, 6) is -1.15. The first-order chi connectivity index (χ1) is 11.6. The number of benzene rings is 1. The van der Waals surface area contributed by atoms with Crippen molar-refractivity contribution in [3.05, 3.63) is 35.9 Å². The van der Waals surface area contributed by atoms with Gasteiger partial charge in [-0.2, -0.15) is 0 Å². The Morgan fingerprint density at radius 1 is 1.08 bits per heavy atom. The van der Waals surface area contributed by atoms with Gasteiger partial charge in [0.05, 0.1) is 17.9 Å². The maximum atomic E-state index is 11.9. The minimum Gasteiger partial charge on any atom is -0.460 e. The molecule has 1 rings (SSSR count). The molecule has 0 aliphatic heterocycles. The summed E-state index contributed by atoms with van der Waals surface area (Å²) < 4.78 is 33.8. The van der Waals surface area contributed by atoms with Crippen LogP contribution in [0.2, 0.25) is 0 Å². The Kier molecular flexibility index (Phi) is 7.89. The fraction of sp³-hybridized carbons (Fsp3) is 0.529. The summed E-state index contributed by atoms with van der Waals surface area (Å²) in [7, 11) is -3.47. The van der Waals surface area contributed by atoms with Crippen molar-refractivity contribution >= 4 is 21.9 Å². The third-order valence-corrected chi connectivity index (χ3v) is 4.58. The predicted octanol–water partition coefficient (Wildman–Crippen LogP) is 2.06. The van der Waals surface area contributed by atoms with Gasteiger partial charge in [-0.1, -0.05) is 30.3 Å². The zero-order chi connectivity index (χ0) is 18.9. The molecule has 1 amide bonds. The molecular weight excluding hydrogens is 346 g/mol. The lowest BCUT2D eigenvalue weighted by Crippen LogP contribution is -2.31. The molecule has 0 saturated carbocycles. The molecule has 0 heterocycles. The molecule has 0 saturated heterocycles. The van der Waals surface area contributed by atoms with Crippen LogP contribution in [0.3, 0.4) is 0 Å². The number of carbonyl (C=O) groups is 2. The molecule has 0 fully saturated rings. The first-order valence-corrected chi connectivity index (χ1v) is 9.76. The van der Waals surface area contributed by atoms with Crippen LogP contribution in [0.4, 0.5) is 4.79 Å². The van der Waals surface area contributed by atoms with Gasteiger partial charge in [0.25, 0.3) is 0 Å². The lowest BCUT2D eigenvalue weighted by Gasteiger charge is -2.19. The van der Waals surface area contributed by atoms with Crippen molar-refractivity contribution in [3.8, 4) is 0 Å². The lowest BCUT2D eigenvalue weighted by atomic mass is 10.2. The standard InChI is InChI=1S/C17H25NO6S/c1-17(2,3)24-15(19)9-11-25(21,22)12-10-18-16(20)23-13-14-7-5-4-6-8-14/h4-8H,9-13H2,1-3H3,(H,18,20). The van der Waals surface area contributed by atoms with Crippen molar-refractivity contribution < 1.29 is 27.5 Å². The molecule has 1 N–H and O–H groups in total. The molecule has 1 aromatic rings. The van der Waals surface area contributed by atoms with E-state index in [1.54, 1.807) is 20.8 Å². The summed E-state index contributed by atoms with van der Waals surface area (Å²) in [6.07, 6.45) is -0.899. The molecule has 7 nitrogen and oxygen atoms in total. The molecule has 0 aliphatic rings. The highest BCUT2D eigenvalue weighted by atomic mass is 32.2. The fourth-order valence-electron chi connectivity index (χ4n) is 1.82. The molecule has 0 unspecified atom stereocenters. The molecule has 0 spiro atoms. The van der Waals surface area contributed by atoms with Crippen LogP contribution in [0.15, 0.2) is 30.3 Å². The van der Waals surface area contributed by atoms with Crippen LogP contribution >= 0.6 is 0 Å². The number of hydrogen-bond donors (Lipinski definition) is 1. The Labute approximate surface area is 148 Å². The Balaban J connectivity index is 2.24. The third-order valence-electron chi connectivity index (χ3n) is 2.93. The van der Waals surface area contributed by atoms with Crippen molar-refractivity contribution in [1.29, 1.82) is 0 Å². The normalized spacial score (nSPS) is 11.6. The van der Waals surface area contributed by atoms with Crippen LogP contribution in [0.25, 0.3) is 0 Å². The van der Waals surface area contributed by atoms with E-state index in [1.165, 1.54) is 0 Å². The fourth-order valence-corrected chi connectivity index (χ4v) is 2.91. The van der Waals surface area contributed by atoms with E-state index in [2.05, 4.69) is 5.32 Å². The monoisotopic (exact) mass is 371 g/mol. The molecule has 25 heavy (non-hydrogen) atoms. The molecular formula is C17H25NO6S. The third kappa shape index (κ3) is 10.4. The average molecular weight is 371 g/mol. The van der Waals surface area contributed by atoms with Crippen LogP contribution < -0.4 is 5.32 Å². The van der Waals surface area contributed by atoms with Gasteiger partial charge in [-0.25, -0.2) is 13.2 Å². The van der Waals surface area contributed by atoms with E-state index < -0.39 is 27.5 Å². The van der Waals surface area contributed by atoms with Gasteiger partial charge in [-0.3, -0.25) is 4.79 Å². The summed E-state index contributed by atoms with van der Waals surface area (Å²) in [5.41, 5.74) is 0.188. The number of sulfone groups is 1. The average Bonchev–Trinajstić information content (AvgIpc) is 2.50. The Hall–Kier alpha value is -2.09. The number of amides is 1. The Bertz CT molecular complexity index is 664. The van der Waals surface area contributed by atoms with Crippen molar-refractivity contribution in [2.45, 2.75) is 39.4 Å². The Morgan fingerprint density at radius 2 is 1.72 bits per heavy atom. The van der Waals surface area contributed by atoms with E-state index in [4.69, 9.17) is 9.47 Å². The number of esters is 1. The minimum absolute atomic E-state index is 0.0791. The van der Waals surface area contributed by atoms with Gasteiger partial charge in [-0.15, -0.1) is 0 Å². The highest BCUT2D eigenvalue weighted by Crippen LogP contribution is 2.09. The molecule has 0 atom stereocenters. The minimum atomic E-state index is -3.47. The van der Waals surface area contributed by atoms with Gasteiger partial charge in [-0.05, 0) is 26.3 Å². The molecule has 0 radical (unpaired) electrons. The number of nitrogens with one attached hydrogen (secondary N) is 1. The summed E-state index contributed by atoms with van der Waals surface area (Å²) in [6.45, 7) is 5.17. The molecule has 140 valence electrons. The SMILES string of the molecule is CC(C)(C)OC(=O)CCS(=O)(=O)CCNC(=O)OCc1ccccc1. The van der Waals surface area contributed by atoms with Gasteiger partial charge in [0.15, 0.2) is 9.84 Å². The maximum Gasteiger partial charge on any atom is 0.407 e. The quantitative estimate of drug-likeness (QED) is 0.702. The van der Waals surface area contributed by atoms with Crippen molar-refractivity contribution in [2.24, 2.45) is 0 Å². The van der Waals surface area contributed by atoms with Gasteiger partial charge in [0.1, 0.15) is 12.2 Å². The van der Waals surface area contributed by atoms with E-state index in [0.717, 1.165) is 5.56 Å². The number of ether oxygens (including phenoxy) is 2. The second-order valence-corrected chi connectivity index (χ2v) is 8.78. The maximum absolute atomic E-state index is 11.9. The first kappa shape index (κ1) is 21.0. The zero-order valence-electron chi connectivity index (χ0n) is 14.8. The van der Waals surface area contributed by atoms with Crippen molar-refractivity contribution in [2.75, 3.05) is 18.1 Å². The van der Waals surface area contributed by atoms with E-state index in [0.29, 0.717) is 0 Å². The summed E-state index contributed by atoms with van der Waals surface area (Å²) in [4.78, 5) is 23.1. The summed E-state index contributed by atoms with van der Waals surface area (Å²) in [5, 5.41) is 2.38. The van der Waals surface area contributed by atoms with E-state index in [9.17, 15) is 18.0 Å². The van der Waals surface area contributed by atoms with Crippen LogP contribution in [0.1, 0.15) is 32.8 Å². The lowest BCUT2D eigenvalue weighted by molar-refractivity contribution is -0.154. The van der Waals surface area contributed by atoms with Crippen LogP contribution in [0.5, 0.6) is 0 Å². The largest absolute Gasteiger partial charge is 0.460 e. The number of alkyl carbamates (subject to hydrolysis) is 1. The van der Waals surface area contributed by atoms with Crippen LogP contribution in [-0.4, -0.2) is 44.1 Å². The topological polar surface area (TPSA) is 98.8 Å². The predicted molar refractivity (Wildman–Crippen MR) is 93.7 cm³/mol. The molecule has 0 aromatic heterocycles. The van der Waals surface area contributed by atoms with E-state index in [1.807, 2.05) is 30.3 Å². The highest BCUT2D eigenvalue weighted by Gasteiger charge is 2.19. The molecule has 0 bridgehead atoms. The molecule has 1 aromatic carbocycles. The van der Waals surface area contributed by atoms with Crippen molar-refractivity contribution in [3.63, 3.8) is 0 Å². The van der Waals surface area contributed by atoms with Crippen LogP contribution in [-0.2, 0) is 30.7 Å². The Morgan fingerprint density at radius 3 is 2.32 bits per heavy atom. The van der Waals surface area contributed by atoms with Gasteiger partial charge < -0.3 is 14.8 Å². The number of rotatable bonds is 8. The highest BCUT2D eigenvalue weighted by molar-refractivity contribution is 7.91. The second kappa shape index (κ2) is 9.41. The molecule has 8 heteroatoms. The van der Waals surface area contributed by atoms with Gasteiger partial charge in [0.2, 0.25) is 0 Å². The zero-order valence-corrected chi connectivity index (χ0v) is 15.6.